The molecule has 2 aromatic rings. The maximum atomic E-state index is 13.5. The zero-order valence-corrected chi connectivity index (χ0v) is 13.3. The molecule has 2 rings (SSSR count). The van der Waals surface area contributed by atoms with Crippen molar-refractivity contribution in [3.8, 4) is 0 Å². The van der Waals surface area contributed by atoms with Gasteiger partial charge < -0.3 is 5.32 Å². The summed E-state index contributed by atoms with van der Waals surface area (Å²) < 4.78 is 15.2. The number of hydrogen-bond donors (Lipinski definition) is 1. The van der Waals surface area contributed by atoms with Crippen molar-refractivity contribution >= 4 is 11.6 Å². The summed E-state index contributed by atoms with van der Waals surface area (Å²) in [5.74, 6) is -0.496. The van der Waals surface area contributed by atoms with Gasteiger partial charge in [0.05, 0.1) is 12.2 Å². The van der Waals surface area contributed by atoms with Crippen LogP contribution < -0.4 is 5.32 Å². The van der Waals surface area contributed by atoms with Crippen LogP contribution in [-0.2, 0) is 18.4 Å². The molecule has 0 aliphatic carbocycles. The number of nitrogens with one attached hydrogen (secondary N) is 1. The fraction of sp³-hybridized carbons (Fsp3) is 0.375. The molecule has 1 N–H and O–H groups in total. The molecule has 1 atom stereocenters. The molecule has 1 unspecified atom stereocenters. The van der Waals surface area contributed by atoms with Crippen molar-refractivity contribution < 1.29 is 9.18 Å². The normalized spacial score (nSPS) is 12.5. The quantitative estimate of drug-likeness (QED) is 0.922. The van der Waals surface area contributed by atoms with E-state index >= 15 is 0 Å². The molecule has 6 heteroatoms. The Labute approximate surface area is 129 Å². The Morgan fingerprint density at radius 1 is 1.50 bits per heavy atom. The van der Waals surface area contributed by atoms with E-state index in [4.69, 9.17) is 0 Å². The average Bonchev–Trinajstić information content (AvgIpc) is 2.87. The Balaban J connectivity index is 1.97. The van der Waals surface area contributed by atoms with E-state index in [1.165, 1.54) is 6.07 Å². The van der Waals surface area contributed by atoms with Gasteiger partial charge in [-0.25, -0.2) is 4.39 Å². The maximum Gasteiger partial charge on any atom is 0.241 e. The Bertz CT molecular complexity index is 668. The molecule has 0 radical (unpaired) electrons. The number of aromatic nitrogens is 2. The summed E-state index contributed by atoms with van der Waals surface area (Å²) in [4.78, 5) is 14.2. The minimum absolute atomic E-state index is 0.172. The van der Waals surface area contributed by atoms with Crippen molar-refractivity contribution in [2.24, 2.45) is 7.05 Å². The first-order valence-electron chi connectivity index (χ1n) is 7.11. The van der Waals surface area contributed by atoms with Crippen LogP contribution in [0.5, 0.6) is 0 Å². The van der Waals surface area contributed by atoms with Crippen LogP contribution in [0.4, 0.5) is 10.1 Å². The Hall–Kier alpha value is -2.21. The summed E-state index contributed by atoms with van der Waals surface area (Å²) in [5, 5.41) is 6.85. The van der Waals surface area contributed by atoms with Crippen LogP contribution in [0.15, 0.2) is 30.6 Å². The molecule has 0 saturated carbocycles. The highest BCUT2D eigenvalue weighted by Crippen LogP contribution is 2.14. The van der Waals surface area contributed by atoms with E-state index in [1.807, 2.05) is 32.1 Å². The molecule has 0 aliphatic heterocycles. The third-order valence-electron chi connectivity index (χ3n) is 3.67. The second-order valence-electron chi connectivity index (χ2n) is 5.57. The molecule has 0 fully saturated rings. The van der Waals surface area contributed by atoms with E-state index in [0.29, 0.717) is 17.8 Å². The van der Waals surface area contributed by atoms with Gasteiger partial charge in [-0.05, 0) is 38.6 Å². The van der Waals surface area contributed by atoms with Crippen molar-refractivity contribution in [2.75, 3.05) is 12.4 Å². The first kappa shape index (κ1) is 16.2. The Morgan fingerprint density at radius 2 is 2.23 bits per heavy atom. The van der Waals surface area contributed by atoms with Gasteiger partial charge in [-0.3, -0.25) is 14.4 Å². The molecule has 0 spiro atoms. The van der Waals surface area contributed by atoms with Crippen molar-refractivity contribution in [3.63, 3.8) is 0 Å². The average molecular weight is 304 g/mol. The molecule has 22 heavy (non-hydrogen) atoms. The summed E-state index contributed by atoms with van der Waals surface area (Å²) in [6, 6.07) is 4.34. The van der Waals surface area contributed by atoms with E-state index < -0.39 is 0 Å². The van der Waals surface area contributed by atoms with E-state index in [-0.39, 0.29) is 17.8 Å². The number of halogens is 1. The molecule has 1 aromatic carbocycles. The van der Waals surface area contributed by atoms with Gasteiger partial charge in [-0.2, -0.15) is 5.10 Å². The summed E-state index contributed by atoms with van der Waals surface area (Å²) in [6.45, 7) is 4.12. The van der Waals surface area contributed by atoms with E-state index in [1.54, 1.807) is 29.9 Å². The lowest BCUT2D eigenvalue weighted by Gasteiger charge is -2.23. The predicted octanol–water partition coefficient (Wildman–Crippen LogP) is 2.33. The summed E-state index contributed by atoms with van der Waals surface area (Å²) in [6.07, 6.45) is 3.69. The SMILES string of the molecule is Cc1ccc(NC(=O)C(C)N(C)Cc2cnn(C)c2)cc1F. The summed E-state index contributed by atoms with van der Waals surface area (Å²) in [5.41, 5.74) is 2.06. The molecule has 0 saturated heterocycles. The molecule has 0 aliphatic rings. The summed E-state index contributed by atoms with van der Waals surface area (Å²) >= 11 is 0. The van der Waals surface area contributed by atoms with Crippen LogP contribution in [-0.4, -0.2) is 33.7 Å². The molecule has 118 valence electrons. The Kier molecular flexibility index (Phi) is 4.92. The van der Waals surface area contributed by atoms with Crippen LogP contribution in [0.2, 0.25) is 0 Å². The van der Waals surface area contributed by atoms with Crippen LogP contribution in [0.1, 0.15) is 18.1 Å². The molecular formula is C16H21FN4O. The second kappa shape index (κ2) is 6.70. The van der Waals surface area contributed by atoms with E-state index in [0.717, 1.165) is 5.56 Å². The maximum absolute atomic E-state index is 13.5. The molecule has 1 amide bonds. The van der Waals surface area contributed by atoms with Crippen molar-refractivity contribution in [3.05, 3.63) is 47.5 Å². The number of anilines is 1. The Morgan fingerprint density at radius 3 is 2.82 bits per heavy atom. The van der Waals surface area contributed by atoms with Crippen LogP contribution in [0.3, 0.4) is 0 Å². The lowest BCUT2D eigenvalue weighted by Crippen LogP contribution is -2.39. The third-order valence-corrected chi connectivity index (χ3v) is 3.67. The van der Waals surface area contributed by atoms with Gasteiger partial charge in [0.2, 0.25) is 5.91 Å². The first-order valence-corrected chi connectivity index (χ1v) is 7.11. The van der Waals surface area contributed by atoms with Crippen LogP contribution in [0, 0.1) is 12.7 Å². The highest BCUT2D eigenvalue weighted by Gasteiger charge is 2.19. The largest absolute Gasteiger partial charge is 0.325 e. The number of amides is 1. The number of aryl methyl sites for hydroxylation is 2. The van der Waals surface area contributed by atoms with Gasteiger partial charge in [0.1, 0.15) is 5.82 Å². The first-order chi connectivity index (χ1) is 10.4. The highest BCUT2D eigenvalue weighted by atomic mass is 19.1. The standard InChI is InChI=1S/C16H21FN4O/c1-11-5-6-14(7-15(11)17)19-16(22)12(2)20(3)9-13-8-18-21(4)10-13/h5-8,10,12H,9H2,1-4H3,(H,19,22). The lowest BCUT2D eigenvalue weighted by atomic mass is 10.2. The fourth-order valence-corrected chi connectivity index (χ4v) is 2.10. The zero-order valence-electron chi connectivity index (χ0n) is 13.3. The minimum atomic E-state index is -0.343. The van der Waals surface area contributed by atoms with E-state index in [9.17, 15) is 9.18 Å². The van der Waals surface area contributed by atoms with E-state index in [2.05, 4.69) is 10.4 Å². The van der Waals surface area contributed by atoms with Crippen molar-refractivity contribution in [2.45, 2.75) is 26.4 Å². The number of carbonyl (C=O) groups is 1. The zero-order chi connectivity index (χ0) is 16.3. The van der Waals surface area contributed by atoms with Gasteiger partial charge >= 0.3 is 0 Å². The molecular weight excluding hydrogens is 283 g/mol. The van der Waals surface area contributed by atoms with Crippen molar-refractivity contribution in [1.29, 1.82) is 0 Å². The summed E-state index contributed by atoms with van der Waals surface area (Å²) in [7, 11) is 3.72. The monoisotopic (exact) mass is 304 g/mol. The van der Waals surface area contributed by atoms with Gasteiger partial charge in [0.15, 0.2) is 0 Å². The van der Waals surface area contributed by atoms with Gasteiger partial charge in [0, 0.05) is 31.0 Å². The number of benzene rings is 1. The van der Waals surface area contributed by atoms with Gasteiger partial charge in [-0.15, -0.1) is 0 Å². The van der Waals surface area contributed by atoms with Gasteiger partial charge in [0.25, 0.3) is 0 Å². The van der Waals surface area contributed by atoms with Crippen LogP contribution >= 0.6 is 0 Å². The number of likely N-dealkylation sites (N-methyl/N-ethyl adjacent to an activating group) is 1. The topological polar surface area (TPSA) is 50.2 Å². The molecule has 5 nitrogen and oxygen atoms in total. The number of hydrogen-bond acceptors (Lipinski definition) is 3. The lowest BCUT2D eigenvalue weighted by molar-refractivity contribution is -0.120. The minimum Gasteiger partial charge on any atom is -0.325 e. The van der Waals surface area contributed by atoms with Crippen molar-refractivity contribution in [1.82, 2.24) is 14.7 Å². The molecule has 1 heterocycles. The van der Waals surface area contributed by atoms with Crippen LogP contribution in [0.25, 0.3) is 0 Å². The third kappa shape index (κ3) is 3.92. The molecule has 0 bridgehead atoms. The fourth-order valence-electron chi connectivity index (χ4n) is 2.10. The highest BCUT2D eigenvalue weighted by molar-refractivity contribution is 5.94. The molecule has 1 aromatic heterocycles. The second-order valence-corrected chi connectivity index (χ2v) is 5.57. The smallest absolute Gasteiger partial charge is 0.241 e. The van der Waals surface area contributed by atoms with Gasteiger partial charge in [-0.1, -0.05) is 6.07 Å². The predicted molar refractivity (Wildman–Crippen MR) is 83.9 cm³/mol. The number of carbonyl (C=O) groups excluding carboxylic acids is 1. The number of nitrogens with zero attached hydrogens (tertiary/aromatic N) is 3. The number of rotatable bonds is 5.